The number of anilines is 2. The van der Waals surface area contributed by atoms with Gasteiger partial charge in [-0.3, -0.25) is 20.2 Å². The van der Waals surface area contributed by atoms with Crippen molar-refractivity contribution >= 4 is 49.5 Å². The Morgan fingerprint density at radius 1 is 1.15 bits per heavy atom. The van der Waals surface area contributed by atoms with Gasteiger partial charge in [-0.2, -0.15) is 0 Å². The first kappa shape index (κ1) is 29.0. The second-order valence-electron chi connectivity index (χ2n) is 8.35. The highest BCUT2D eigenvalue weighted by Crippen LogP contribution is 2.36. The van der Waals surface area contributed by atoms with Gasteiger partial charge in [-0.1, -0.05) is 40.7 Å². The van der Waals surface area contributed by atoms with Gasteiger partial charge in [0.05, 0.1) is 16.2 Å². The van der Waals surface area contributed by atoms with E-state index in [0.717, 1.165) is 11.1 Å². The molecule has 3 amide bonds. The van der Waals surface area contributed by atoms with Gasteiger partial charge in [0.25, 0.3) is 11.6 Å². The van der Waals surface area contributed by atoms with Crippen molar-refractivity contribution in [2.75, 3.05) is 36.2 Å². The Labute approximate surface area is 204 Å². The fraction of sp³-hybridized carbons (Fsp3) is 0.455. The SMILES string of the molecule is CC.CN(CCS(C)(=O)=O)C(=O)c1cc(C(C)(C)C)sc1NC(=O)Nc1cccc([N+](=O)[O-])c1. The first-order valence-electron chi connectivity index (χ1n) is 10.6. The third kappa shape index (κ3) is 8.75. The van der Waals surface area contributed by atoms with Gasteiger partial charge in [-0.05, 0) is 17.5 Å². The number of non-ortho nitro benzene ring substituents is 1. The molecule has 1 aromatic carbocycles. The van der Waals surface area contributed by atoms with Crippen molar-refractivity contribution < 1.29 is 22.9 Å². The summed E-state index contributed by atoms with van der Waals surface area (Å²) in [7, 11) is -1.75. The molecule has 34 heavy (non-hydrogen) atoms. The summed E-state index contributed by atoms with van der Waals surface area (Å²) in [6, 6.07) is 6.50. The van der Waals surface area contributed by atoms with Crippen LogP contribution < -0.4 is 10.6 Å². The molecule has 0 unspecified atom stereocenters. The monoisotopic (exact) mass is 512 g/mol. The first-order valence-corrected chi connectivity index (χ1v) is 13.4. The molecule has 2 rings (SSSR count). The Balaban J connectivity index is 0.00000281. The largest absolute Gasteiger partial charge is 0.341 e. The average molecular weight is 513 g/mol. The molecule has 0 radical (unpaired) electrons. The summed E-state index contributed by atoms with van der Waals surface area (Å²) in [6.45, 7) is 9.91. The summed E-state index contributed by atoms with van der Waals surface area (Å²) in [6.07, 6.45) is 1.10. The zero-order valence-corrected chi connectivity index (χ0v) is 22.1. The van der Waals surface area contributed by atoms with E-state index in [-0.39, 0.29) is 34.7 Å². The zero-order valence-electron chi connectivity index (χ0n) is 20.5. The number of sulfone groups is 1. The third-order valence-electron chi connectivity index (χ3n) is 4.39. The van der Waals surface area contributed by atoms with Crippen molar-refractivity contribution in [1.29, 1.82) is 0 Å². The number of carbonyl (C=O) groups excluding carboxylic acids is 2. The quantitative estimate of drug-likeness (QED) is 0.406. The lowest BCUT2D eigenvalue weighted by Gasteiger charge is -2.17. The zero-order chi connectivity index (χ0) is 26.3. The molecule has 10 nitrogen and oxygen atoms in total. The number of nitro groups is 1. The van der Waals surface area contributed by atoms with Crippen molar-refractivity contribution in [1.82, 2.24) is 4.90 Å². The molecule has 0 aliphatic heterocycles. The molecule has 0 fully saturated rings. The van der Waals surface area contributed by atoms with Crippen LogP contribution in [0.2, 0.25) is 0 Å². The second-order valence-corrected chi connectivity index (χ2v) is 11.7. The number of carbonyl (C=O) groups is 2. The number of nitrogens with zero attached hydrogens (tertiary/aromatic N) is 2. The van der Waals surface area contributed by atoms with E-state index >= 15 is 0 Å². The van der Waals surface area contributed by atoms with Crippen LogP contribution in [-0.4, -0.2) is 55.8 Å². The van der Waals surface area contributed by atoms with Crippen LogP contribution >= 0.6 is 11.3 Å². The van der Waals surface area contributed by atoms with Crippen molar-refractivity contribution in [2.24, 2.45) is 0 Å². The van der Waals surface area contributed by atoms with E-state index in [1.807, 2.05) is 34.6 Å². The topological polar surface area (TPSA) is 139 Å². The number of rotatable bonds is 7. The van der Waals surface area contributed by atoms with Crippen LogP contribution in [0.1, 0.15) is 49.9 Å². The van der Waals surface area contributed by atoms with Gasteiger partial charge in [0.1, 0.15) is 14.8 Å². The number of hydrogen-bond acceptors (Lipinski definition) is 7. The van der Waals surface area contributed by atoms with Crippen molar-refractivity contribution in [2.45, 2.75) is 40.0 Å². The molecule has 0 aliphatic carbocycles. The minimum absolute atomic E-state index is 0.0116. The van der Waals surface area contributed by atoms with Crippen molar-refractivity contribution in [3.8, 4) is 0 Å². The van der Waals surface area contributed by atoms with Crippen molar-refractivity contribution in [3.05, 3.63) is 50.9 Å². The molecule has 0 saturated heterocycles. The minimum atomic E-state index is -3.25. The number of thiophene rings is 1. The molecule has 0 bridgehead atoms. The van der Waals surface area contributed by atoms with Gasteiger partial charge in [-0.15, -0.1) is 11.3 Å². The van der Waals surface area contributed by atoms with E-state index in [2.05, 4.69) is 10.6 Å². The average Bonchev–Trinajstić information content (AvgIpc) is 3.16. The maximum Gasteiger partial charge on any atom is 0.324 e. The highest BCUT2D eigenvalue weighted by atomic mass is 32.2. The molecule has 0 atom stereocenters. The summed E-state index contributed by atoms with van der Waals surface area (Å²) in [5.41, 5.74) is 0.00598. The van der Waals surface area contributed by atoms with E-state index in [0.29, 0.717) is 5.00 Å². The second kappa shape index (κ2) is 11.9. The maximum atomic E-state index is 13.0. The molecule has 0 saturated carbocycles. The van der Waals surface area contributed by atoms with Crippen LogP contribution in [0.15, 0.2) is 30.3 Å². The van der Waals surface area contributed by atoms with Gasteiger partial charge in [0, 0.05) is 42.5 Å². The first-order chi connectivity index (χ1) is 15.7. The molecule has 188 valence electrons. The normalized spacial score (nSPS) is 11.1. The third-order valence-corrected chi connectivity index (χ3v) is 6.79. The van der Waals surface area contributed by atoms with E-state index in [4.69, 9.17) is 0 Å². The van der Waals surface area contributed by atoms with Gasteiger partial charge in [-0.25, -0.2) is 13.2 Å². The fourth-order valence-electron chi connectivity index (χ4n) is 2.58. The Bertz CT molecular complexity index is 1140. The molecule has 2 N–H and O–H groups in total. The lowest BCUT2D eigenvalue weighted by atomic mass is 9.94. The molecule has 1 heterocycles. The summed E-state index contributed by atoms with van der Waals surface area (Å²) in [5.74, 6) is -0.604. The molecule has 2 aromatic rings. The molecular weight excluding hydrogens is 480 g/mol. The van der Waals surface area contributed by atoms with E-state index in [9.17, 15) is 28.1 Å². The number of nitro benzene ring substituents is 1. The van der Waals surface area contributed by atoms with Gasteiger partial charge in [0.15, 0.2) is 0 Å². The minimum Gasteiger partial charge on any atom is -0.341 e. The van der Waals surface area contributed by atoms with Crippen LogP contribution in [0.4, 0.5) is 21.2 Å². The standard InChI is InChI=1S/C20H26N4O6S2.C2H6/c1-20(2,3)16-12-15(18(25)23(4)9-10-32(5,29)30)17(31-16)22-19(26)21-13-7-6-8-14(11-13)24(27)28;1-2/h6-8,11-12H,9-10H2,1-5H3,(H2,21,22,26);1-2H3. The number of hydrogen-bond donors (Lipinski definition) is 2. The van der Waals surface area contributed by atoms with Crippen LogP contribution in [-0.2, 0) is 15.3 Å². The lowest BCUT2D eigenvalue weighted by Crippen LogP contribution is -2.32. The van der Waals surface area contributed by atoms with Crippen LogP contribution in [0.3, 0.4) is 0 Å². The Morgan fingerprint density at radius 3 is 2.29 bits per heavy atom. The predicted octanol–water partition coefficient (Wildman–Crippen LogP) is 4.74. The molecule has 1 aromatic heterocycles. The summed E-state index contributed by atoms with van der Waals surface area (Å²) in [4.78, 5) is 38.0. The molecule has 0 spiro atoms. The highest BCUT2D eigenvalue weighted by Gasteiger charge is 2.26. The lowest BCUT2D eigenvalue weighted by molar-refractivity contribution is -0.384. The summed E-state index contributed by atoms with van der Waals surface area (Å²) < 4.78 is 22.9. The van der Waals surface area contributed by atoms with Crippen LogP contribution in [0, 0.1) is 10.1 Å². The maximum absolute atomic E-state index is 13.0. The Hall–Kier alpha value is -2.99. The number of urea groups is 1. The van der Waals surface area contributed by atoms with E-state index in [1.165, 1.54) is 47.5 Å². The van der Waals surface area contributed by atoms with Crippen LogP contribution in [0.5, 0.6) is 0 Å². The van der Waals surface area contributed by atoms with Gasteiger partial charge >= 0.3 is 6.03 Å². The highest BCUT2D eigenvalue weighted by molar-refractivity contribution is 7.90. The van der Waals surface area contributed by atoms with Gasteiger partial charge in [0.2, 0.25) is 0 Å². The van der Waals surface area contributed by atoms with Gasteiger partial charge < -0.3 is 10.2 Å². The number of amides is 3. The molecular formula is C22H32N4O6S2. The van der Waals surface area contributed by atoms with Crippen molar-refractivity contribution in [3.63, 3.8) is 0 Å². The number of nitrogens with one attached hydrogen (secondary N) is 2. The predicted molar refractivity (Wildman–Crippen MR) is 137 cm³/mol. The van der Waals surface area contributed by atoms with E-state index in [1.54, 1.807) is 6.07 Å². The number of benzene rings is 1. The summed E-state index contributed by atoms with van der Waals surface area (Å²) >= 11 is 1.24. The smallest absolute Gasteiger partial charge is 0.324 e. The molecule has 0 aliphatic rings. The molecule has 12 heteroatoms. The Kier molecular flexibility index (Phi) is 10.2. The van der Waals surface area contributed by atoms with E-state index < -0.39 is 26.7 Å². The fourth-order valence-corrected chi connectivity index (χ4v) is 4.29. The summed E-state index contributed by atoms with van der Waals surface area (Å²) in [5, 5.41) is 16.4. The van der Waals surface area contributed by atoms with Crippen LogP contribution in [0.25, 0.3) is 0 Å². The Morgan fingerprint density at radius 2 is 1.76 bits per heavy atom.